The van der Waals surface area contributed by atoms with Crippen LogP contribution in [0.2, 0.25) is 0 Å². The third-order valence-electron chi connectivity index (χ3n) is 2.35. The first-order chi connectivity index (χ1) is 5.24. The molecule has 0 N–H and O–H groups in total. The molecule has 1 fully saturated rings. The number of nitrogens with zero attached hydrogens (tertiary/aromatic N) is 1. The van der Waals surface area contributed by atoms with Crippen LogP contribution in [-0.4, -0.2) is 23.9 Å². The van der Waals surface area contributed by atoms with Crippen LogP contribution in [0.15, 0.2) is 0 Å². The summed E-state index contributed by atoms with van der Waals surface area (Å²) in [6.45, 7) is 6.38. The summed E-state index contributed by atoms with van der Waals surface area (Å²) in [4.78, 5) is 13.1. The van der Waals surface area contributed by atoms with E-state index in [4.69, 9.17) is 0 Å². The molecule has 64 valence electrons. The van der Waals surface area contributed by atoms with Gasteiger partial charge in [-0.25, -0.2) is 0 Å². The van der Waals surface area contributed by atoms with Crippen molar-refractivity contribution in [3.05, 3.63) is 0 Å². The van der Waals surface area contributed by atoms with Crippen LogP contribution in [0, 0.1) is 5.92 Å². The molecule has 0 aromatic heterocycles. The summed E-state index contributed by atoms with van der Waals surface area (Å²) < 4.78 is 0. The molecule has 0 saturated carbocycles. The lowest BCUT2D eigenvalue weighted by atomic mass is 10.0. The Morgan fingerprint density at radius 3 is 2.64 bits per heavy atom. The Bertz CT molecular complexity index is 140. The zero-order valence-electron chi connectivity index (χ0n) is 7.47. The second-order valence-corrected chi connectivity index (χ2v) is 3.43. The van der Waals surface area contributed by atoms with Gasteiger partial charge in [0, 0.05) is 19.5 Å². The zero-order chi connectivity index (χ0) is 8.27. The first-order valence-corrected chi connectivity index (χ1v) is 4.51. The van der Waals surface area contributed by atoms with Gasteiger partial charge >= 0.3 is 0 Å². The minimum Gasteiger partial charge on any atom is -0.339 e. The molecule has 2 nitrogen and oxygen atoms in total. The maximum absolute atomic E-state index is 11.2. The van der Waals surface area contributed by atoms with E-state index in [0.717, 1.165) is 25.9 Å². The molecule has 1 aliphatic rings. The van der Waals surface area contributed by atoms with E-state index >= 15 is 0 Å². The number of carbonyl (C=O) groups excluding carboxylic acids is 1. The fourth-order valence-corrected chi connectivity index (χ4v) is 1.03. The summed E-state index contributed by atoms with van der Waals surface area (Å²) in [6.07, 6.45) is 3.01. The summed E-state index contributed by atoms with van der Waals surface area (Å²) in [5.41, 5.74) is 0. The second-order valence-electron chi connectivity index (χ2n) is 3.43. The van der Waals surface area contributed by atoms with Gasteiger partial charge in [0.2, 0.25) is 5.91 Å². The van der Waals surface area contributed by atoms with Gasteiger partial charge in [0.1, 0.15) is 0 Å². The monoisotopic (exact) mass is 155 g/mol. The molecule has 1 heterocycles. The lowest BCUT2D eigenvalue weighted by Gasteiger charge is -2.06. The lowest BCUT2D eigenvalue weighted by molar-refractivity contribution is -0.126. The van der Waals surface area contributed by atoms with E-state index in [0.29, 0.717) is 11.8 Å². The molecule has 0 radical (unpaired) electrons. The van der Waals surface area contributed by atoms with Crippen molar-refractivity contribution in [1.82, 2.24) is 4.90 Å². The molecule has 1 aliphatic heterocycles. The Morgan fingerprint density at radius 1 is 1.55 bits per heavy atom. The van der Waals surface area contributed by atoms with Crippen LogP contribution in [0.5, 0.6) is 0 Å². The van der Waals surface area contributed by atoms with E-state index < -0.39 is 0 Å². The van der Waals surface area contributed by atoms with Crippen LogP contribution < -0.4 is 0 Å². The van der Waals surface area contributed by atoms with E-state index in [9.17, 15) is 4.79 Å². The largest absolute Gasteiger partial charge is 0.339 e. The Kier molecular flexibility index (Phi) is 2.92. The molecule has 0 aromatic rings. The average Bonchev–Trinajstić information content (AvgIpc) is 2.81. The van der Waals surface area contributed by atoms with Gasteiger partial charge < -0.3 is 4.90 Å². The summed E-state index contributed by atoms with van der Waals surface area (Å²) in [5, 5.41) is 0. The van der Waals surface area contributed by atoms with Crippen LogP contribution in [0.4, 0.5) is 0 Å². The number of rotatable bonds is 4. The van der Waals surface area contributed by atoms with Gasteiger partial charge in [0.15, 0.2) is 0 Å². The SMILES string of the molecule is CCC(C)CCC(=O)N1CC1. The van der Waals surface area contributed by atoms with Crippen molar-refractivity contribution in [1.29, 1.82) is 0 Å². The third-order valence-corrected chi connectivity index (χ3v) is 2.35. The third kappa shape index (κ3) is 2.91. The zero-order valence-corrected chi connectivity index (χ0v) is 7.47. The van der Waals surface area contributed by atoms with E-state index in [2.05, 4.69) is 13.8 Å². The smallest absolute Gasteiger partial charge is 0.222 e. The van der Waals surface area contributed by atoms with Gasteiger partial charge in [-0.1, -0.05) is 20.3 Å². The highest BCUT2D eigenvalue weighted by Gasteiger charge is 2.23. The van der Waals surface area contributed by atoms with Crippen molar-refractivity contribution >= 4 is 5.91 Å². The van der Waals surface area contributed by atoms with Crippen LogP contribution in [-0.2, 0) is 4.79 Å². The fourth-order valence-electron chi connectivity index (χ4n) is 1.03. The molecule has 2 heteroatoms. The van der Waals surface area contributed by atoms with Gasteiger partial charge in [-0.2, -0.15) is 0 Å². The number of hydrogen-bond donors (Lipinski definition) is 0. The predicted octanol–water partition coefficient (Wildman–Crippen LogP) is 1.65. The molecular weight excluding hydrogens is 138 g/mol. The maximum atomic E-state index is 11.2. The molecule has 0 bridgehead atoms. The Balaban J connectivity index is 2.05. The van der Waals surface area contributed by atoms with Gasteiger partial charge in [0.25, 0.3) is 0 Å². The molecule has 1 rings (SSSR count). The summed E-state index contributed by atoms with van der Waals surface area (Å²) in [5.74, 6) is 1.06. The number of hydrogen-bond acceptors (Lipinski definition) is 1. The molecule has 0 aromatic carbocycles. The Morgan fingerprint density at radius 2 is 2.18 bits per heavy atom. The molecule has 1 saturated heterocycles. The van der Waals surface area contributed by atoms with Crippen molar-refractivity contribution in [3.63, 3.8) is 0 Å². The first-order valence-electron chi connectivity index (χ1n) is 4.51. The van der Waals surface area contributed by atoms with Crippen LogP contribution in [0.3, 0.4) is 0 Å². The standard InChI is InChI=1S/C9H17NO/c1-3-8(2)4-5-9(11)10-6-7-10/h8H,3-7H2,1-2H3. The van der Waals surface area contributed by atoms with Gasteiger partial charge in [0.05, 0.1) is 0 Å². The van der Waals surface area contributed by atoms with Crippen molar-refractivity contribution in [2.45, 2.75) is 33.1 Å². The van der Waals surface area contributed by atoms with Crippen molar-refractivity contribution in [2.75, 3.05) is 13.1 Å². The normalized spacial score (nSPS) is 18.2. The van der Waals surface area contributed by atoms with Crippen LogP contribution in [0.1, 0.15) is 33.1 Å². The van der Waals surface area contributed by atoms with Crippen molar-refractivity contribution in [3.8, 4) is 0 Å². The van der Waals surface area contributed by atoms with E-state index in [1.807, 2.05) is 4.90 Å². The molecule has 0 spiro atoms. The minimum atomic E-state index is 0.352. The molecule has 1 unspecified atom stereocenters. The quantitative estimate of drug-likeness (QED) is 0.565. The highest BCUT2D eigenvalue weighted by molar-refractivity contribution is 5.78. The molecule has 1 atom stereocenters. The van der Waals surface area contributed by atoms with E-state index in [1.165, 1.54) is 6.42 Å². The predicted molar refractivity (Wildman–Crippen MR) is 45.3 cm³/mol. The van der Waals surface area contributed by atoms with Gasteiger partial charge in [-0.05, 0) is 12.3 Å². The number of carbonyl (C=O) groups is 1. The Hall–Kier alpha value is -0.530. The lowest BCUT2D eigenvalue weighted by Crippen LogP contribution is -2.11. The fraction of sp³-hybridized carbons (Fsp3) is 0.889. The molecular formula is C9H17NO. The summed E-state index contributed by atoms with van der Waals surface area (Å²) in [6, 6.07) is 0. The van der Waals surface area contributed by atoms with Gasteiger partial charge in [-0.15, -0.1) is 0 Å². The van der Waals surface area contributed by atoms with Crippen LogP contribution >= 0.6 is 0 Å². The number of amides is 1. The van der Waals surface area contributed by atoms with E-state index in [-0.39, 0.29) is 0 Å². The summed E-state index contributed by atoms with van der Waals surface area (Å²) in [7, 11) is 0. The van der Waals surface area contributed by atoms with Gasteiger partial charge in [-0.3, -0.25) is 4.79 Å². The van der Waals surface area contributed by atoms with E-state index in [1.54, 1.807) is 0 Å². The Labute approximate surface area is 68.6 Å². The topological polar surface area (TPSA) is 20.1 Å². The van der Waals surface area contributed by atoms with Crippen molar-refractivity contribution in [2.24, 2.45) is 5.92 Å². The van der Waals surface area contributed by atoms with Crippen molar-refractivity contribution < 1.29 is 4.79 Å². The summed E-state index contributed by atoms with van der Waals surface area (Å²) >= 11 is 0. The maximum Gasteiger partial charge on any atom is 0.222 e. The average molecular weight is 155 g/mol. The highest BCUT2D eigenvalue weighted by atomic mass is 16.2. The first kappa shape index (κ1) is 8.57. The molecule has 0 aliphatic carbocycles. The van der Waals surface area contributed by atoms with Crippen LogP contribution in [0.25, 0.3) is 0 Å². The molecule has 1 amide bonds. The molecule has 11 heavy (non-hydrogen) atoms. The second kappa shape index (κ2) is 3.74. The highest BCUT2D eigenvalue weighted by Crippen LogP contribution is 2.13. The minimum absolute atomic E-state index is 0.352.